The molecule has 1 N–H and O–H groups in total. The van der Waals surface area contributed by atoms with Crippen molar-refractivity contribution in [3.8, 4) is 0 Å². The third-order valence-electron chi connectivity index (χ3n) is 2.70. The molecular weight excluding hydrogens is 298 g/mol. The maximum atomic E-state index is 12.0. The number of nitro groups is 1. The summed E-state index contributed by atoms with van der Waals surface area (Å²) in [6.45, 7) is 0.270. The summed E-state index contributed by atoms with van der Waals surface area (Å²) in [6, 6.07) is 4.22. The largest absolute Gasteiger partial charge is 0.351 e. The number of amides is 1. The number of carbonyl (C=O) groups is 1. The number of aromatic nitrogens is 3. The Morgan fingerprint density at radius 3 is 2.90 bits per heavy atom. The lowest BCUT2D eigenvalue weighted by Gasteiger charge is -2.05. The summed E-state index contributed by atoms with van der Waals surface area (Å²) in [5.41, 5.74) is -0.464. The molecule has 9 heteroatoms. The number of carbonyl (C=O) groups excluding carboxylic acids is 1. The number of hydrogen-bond donors (Lipinski definition) is 1. The molecule has 2 rings (SSSR count). The van der Waals surface area contributed by atoms with Crippen LogP contribution in [0, 0.1) is 10.1 Å². The molecule has 0 saturated carbocycles. The van der Waals surface area contributed by atoms with Crippen molar-refractivity contribution in [3.63, 3.8) is 0 Å². The second-order valence-electron chi connectivity index (χ2n) is 4.23. The number of benzene rings is 1. The van der Waals surface area contributed by atoms with Gasteiger partial charge in [0.15, 0.2) is 5.82 Å². The summed E-state index contributed by atoms with van der Waals surface area (Å²) in [6.07, 6.45) is 1.99. The maximum Gasteiger partial charge on any atom is 0.300 e. The van der Waals surface area contributed by atoms with Gasteiger partial charge in [-0.2, -0.15) is 5.10 Å². The lowest BCUT2D eigenvalue weighted by molar-refractivity contribution is -0.385. The molecular formula is C12H12ClN5O3. The van der Waals surface area contributed by atoms with Gasteiger partial charge in [0.2, 0.25) is 0 Å². The topological polar surface area (TPSA) is 103 Å². The van der Waals surface area contributed by atoms with Crippen LogP contribution in [0.2, 0.25) is 5.02 Å². The summed E-state index contributed by atoms with van der Waals surface area (Å²) in [5.74, 6) is 0.0264. The molecule has 0 radical (unpaired) electrons. The summed E-state index contributed by atoms with van der Waals surface area (Å²) >= 11 is 5.76. The highest BCUT2D eigenvalue weighted by Crippen LogP contribution is 2.27. The van der Waals surface area contributed by atoms with E-state index in [2.05, 4.69) is 15.4 Å². The van der Waals surface area contributed by atoms with Gasteiger partial charge in [0.1, 0.15) is 16.9 Å². The number of nitrogens with one attached hydrogen (secondary N) is 1. The van der Waals surface area contributed by atoms with Gasteiger partial charge in [0, 0.05) is 20.0 Å². The van der Waals surface area contributed by atoms with Crippen molar-refractivity contribution in [2.75, 3.05) is 6.54 Å². The van der Waals surface area contributed by atoms with Gasteiger partial charge >= 0.3 is 5.69 Å². The fraction of sp³-hybridized carbons (Fsp3) is 0.250. The van der Waals surface area contributed by atoms with Gasteiger partial charge in [-0.1, -0.05) is 17.7 Å². The zero-order valence-electron chi connectivity index (χ0n) is 11.1. The van der Waals surface area contributed by atoms with Crippen LogP contribution in [-0.4, -0.2) is 32.1 Å². The molecule has 0 saturated heterocycles. The first-order valence-corrected chi connectivity index (χ1v) is 6.42. The Labute approximate surface area is 124 Å². The Hall–Kier alpha value is -2.48. The normalized spacial score (nSPS) is 10.4. The van der Waals surface area contributed by atoms with Crippen LogP contribution in [0.3, 0.4) is 0 Å². The third kappa shape index (κ3) is 3.54. The average Bonchev–Trinajstić information content (AvgIpc) is 2.83. The van der Waals surface area contributed by atoms with Crippen LogP contribution < -0.4 is 5.32 Å². The number of nitrogens with zero attached hydrogens (tertiary/aromatic N) is 4. The number of hydrogen-bond acceptors (Lipinski definition) is 5. The number of aryl methyl sites for hydroxylation is 1. The highest BCUT2D eigenvalue weighted by atomic mass is 35.5. The minimum absolute atomic E-state index is 0.0681. The number of para-hydroxylation sites is 1. The van der Waals surface area contributed by atoms with E-state index in [0.29, 0.717) is 12.2 Å². The lowest BCUT2D eigenvalue weighted by Crippen LogP contribution is -2.26. The molecule has 0 bridgehead atoms. The number of rotatable bonds is 5. The molecule has 0 aliphatic carbocycles. The van der Waals surface area contributed by atoms with Crippen molar-refractivity contribution in [2.45, 2.75) is 6.42 Å². The van der Waals surface area contributed by atoms with E-state index in [4.69, 9.17) is 11.6 Å². The van der Waals surface area contributed by atoms with Gasteiger partial charge in [0.05, 0.1) is 4.92 Å². The van der Waals surface area contributed by atoms with Gasteiger partial charge in [-0.3, -0.25) is 19.6 Å². The van der Waals surface area contributed by atoms with Gasteiger partial charge in [-0.25, -0.2) is 4.98 Å². The van der Waals surface area contributed by atoms with E-state index in [9.17, 15) is 14.9 Å². The van der Waals surface area contributed by atoms with Crippen molar-refractivity contribution in [1.82, 2.24) is 20.1 Å². The highest BCUT2D eigenvalue weighted by molar-refractivity contribution is 6.33. The smallest absolute Gasteiger partial charge is 0.300 e. The predicted octanol–water partition coefficient (Wildman–Crippen LogP) is 1.35. The quantitative estimate of drug-likeness (QED) is 0.663. The first-order chi connectivity index (χ1) is 9.99. The molecule has 1 aromatic carbocycles. The van der Waals surface area contributed by atoms with Gasteiger partial charge in [0.25, 0.3) is 5.91 Å². The molecule has 1 amide bonds. The van der Waals surface area contributed by atoms with E-state index in [1.54, 1.807) is 18.1 Å². The zero-order chi connectivity index (χ0) is 15.4. The zero-order valence-corrected chi connectivity index (χ0v) is 11.9. The average molecular weight is 310 g/mol. The van der Waals surface area contributed by atoms with Crippen LogP contribution in [0.1, 0.15) is 16.2 Å². The van der Waals surface area contributed by atoms with E-state index < -0.39 is 16.5 Å². The molecule has 8 nitrogen and oxygen atoms in total. The van der Waals surface area contributed by atoms with Crippen molar-refractivity contribution in [3.05, 3.63) is 51.1 Å². The van der Waals surface area contributed by atoms with E-state index in [1.807, 2.05) is 0 Å². The van der Waals surface area contributed by atoms with Gasteiger partial charge in [-0.15, -0.1) is 0 Å². The van der Waals surface area contributed by atoms with E-state index in [1.165, 1.54) is 18.2 Å². The molecule has 1 heterocycles. The summed E-state index contributed by atoms with van der Waals surface area (Å²) in [5, 5.41) is 17.5. The second-order valence-corrected chi connectivity index (χ2v) is 4.64. The molecule has 0 spiro atoms. The molecule has 21 heavy (non-hydrogen) atoms. The van der Waals surface area contributed by atoms with Crippen LogP contribution in [0.4, 0.5) is 5.69 Å². The molecule has 1 aromatic heterocycles. The van der Waals surface area contributed by atoms with E-state index >= 15 is 0 Å². The van der Waals surface area contributed by atoms with Crippen LogP contribution >= 0.6 is 11.6 Å². The van der Waals surface area contributed by atoms with Crippen LogP contribution in [0.15, 0.2) is 24.5 Å². The minimum Gasteiger partial charge on any atom is -0.351 e. The summed E-state index contributed by atoms with van der Waals surface area (Å²) in [4.78, 5) is 26.3. The predicted molar refractivity (Wildman–Crippen MR) is 75.1 cm³/mol. The molecule has 0 aliphatic rings. The third-order valence-corrected chi connectivity index (χ3v) is 3.00. The molecule has 2 aromatic rings. The standard InChI is InChI=1S/C12H12ClN5O3/c1-17-7-15-10(16-17)5-6-14-12(19)8-3-2-4-9(13)11(8)18(20)21/h2-4,7H,5-6H2,1H3,(H,14,19). The Morgan fingerprint density at radius 1 is 1.52 bits per heavy atom. The van der Waals surface area contributed by atoms with Crippen LogP contribution in [0.5, 0.6) is 0 Å². The van der Waals surface area contributed by atoms with E-state index in [-0.39, 0.29) is 17.1 Å². The van der Waals surface area contributed by atoms with Crippen molar-refractivity contribution in [2.24, 2.45) is 7.05 Å². The minimum atomic E-state index is -0.669. The fourth-order valence-corrected chi connectivity index (χ4v) is 2.01. The summed E-state index contributed by atoms with van der Waals surface area (Å²) in [7, 11) is 1.74. The van der Waals surface area contributed by atoms with Crippen molar-refractivity contribution < 1.29 is 9.72 Å². The molecule has 110 valence electrons. The number of nitro benzene ring substituents is 1. The van der Waals surface area contributed by atoms with Crippen LogP contribution in [0.25, 0.3) is 0 Å². The fourth-order valence-electron chi connectivity index (χ4n) is 1.77. The maximum absolute atomic E-state index is 12.0. The molecule has 0 atom stereocenters. The van der Waals surface area contributed by atoms with Gasteiger partial charge < -0.3 is 5.32 Å². The van der Waals surface area contributed by atoms with Gasteiger partial charge in [-0.05, 0) is 12.1 Å². The number of halogens is 1. The monoisotopic (exact) mass is 309 g/mol. The van der Waals surface area contributed by atoms with Crippen LogP contribution in [-0.2, 0) is 13.5 Å². The molecule has 0 unspecified atom stereocenters. The SMILES string of the molecule is Cn1cnc(CCNC(=O)c2cccc(Cl)c2[N+](=O)[O-])n1. The molecule has 0 fully saturated rings. The summed E-state index contributed by atoms with van der Waals surface area (Å²) < 4.78 is 1.55. The van der Waals surface area contributed by atoms with E-state index in [0.717, 1.165) is 0 Å². The second kappa shape index (κ2) is 6.31. The molecule has 0 aliphatic heterocycles. The van der Waals surface area contributed by atoms with Crippen molar-refractivity contribution in [1.29, 1.82) is 0 Å². The van der Waals surface area contributed by atoms with Crippen molar-refractivity contribution >= 4 is 23.2 Å². The lowest BCUT2D eigenvalue weighted by atomic mass is 10.1. The highest BCUT2D eigenvalue weighted by Gasteiger charge is 2.23. The first kappa shape index (κ1) is 14.9. The Balaban J connectivity index is 2.04. The Bertz CT molecular complexity index is 685. The Morgan fingerprint density at radius 2 is 2.29 bits per heavy atom. The Kier molecular flexibility index (Phi) is 4.49. The first-order valence-electron chi connectivity index (χ1n) is 6.04.